The second-order valence-corrected chi connectivity index (χ2v) is 11.4. The number of amides is 2. The van der Waals surface area contributed by atoms with Crippen LogP contribution in [0.3, 0.4) is 0 Å². The van der Waals surface area contributed by atoms with Crippen LogP contribution in [0.1, 0.15) is 39.0 Å². The quantitative estimate of drug-likeness (QED) is 0.348. The average Bonchev–Trinajstić information content (AvgIpc) is 3.53. The molecule has 1 atom stereocenters. The summed E-state index contributed by atoms with van der Waals surface area (Å²) < 4.78 is 54.4. The standard InChI is InChI=1S/C32H30F3N5O5/c33-32(34,35)23-15-18(1-2-19(23)17-40-11-9-39(10-12-40)13-14-41)31(43)38-28-27-22-16-20(3-5-24(22)45-29(27)28)44-25-7-8-36-30-21(25)4-6-26(42)37-30/h1-3,5,7-8,15-16,29,41H,4,6,9-14,17H2,(H,38,43)(H,36,37,42). The van der Waals surface area contributed by atoms with Gasteiger partial charge >= 0.3 is 6.18 Å². The second-order valence-electron chi connectivity index (χ2n) is 11.4. The molecular formula is C32H30F3N5O5. The first-order chi connectivity index (χ1) is 21.7. The molecule has 3 aliphatic heterocycles. The first kappa shape index (κ1) is 29.3. The molecule has 2 amide bonds. The van der Waals surface area contributed by atoms with Crippen LogP contribution >= 0.6 is 0 Å². The van der Waals surface area contributed by atoms with E-state index < -0.39 is 23.8 Å². The maximum atomic E-state index is 14.1. The van der Waals surface area contributed by atoms with Crippen LogP contribution < -0.4 is 20.1 Å². The fourth-order valence-corrected chi connectivity index (χ4v) is 6.10. The number of benzene rings is 2. The zero-order chi connectivity index (χ0) is 31.3. The number of hydrogen-bond donors (Lipinski definition) is 3. The largest absolute Gasteiger partial charge is 0.479 e. The number of piperazine rings is 1. The van der Waals surface area contributed by atoms with Crippen molar-refractivity contribution in [2.75, 3.05) is 44.6 Å². The van der Waals surface area contributed by atoms with Gasteiger partial charge in [-0.1, -0.05) is 6.07 Å². The smallest absolute Gasteiger partial charge is 0.416 e. The van der Waals surface area contributed by atoms with Gasteiger partial charge in [-0.2, -0.15) is 13.2 Å². The van der Waals surface area contributed by atoms with E-state index in [4.69, 9.17) is 14.6 Å². The molecule has 2 aromatic carbocycles. The summed E-state index contributed by atoms with van der Waals surface area (Å²) in [5.74, 6) is 1.44. The number of fused-ring (bicyclic) bond motifs is 4. The van der Waals surface area contributed by atoms with E-state index in [1.54, 1.807) is 30.5 Å². The molecule has 0 spiro atoms. The highest BCUT2D eigenvalue weighted by molar-refractivity contribution is 6.02. The Hall–Kier alpha value is -4.46. The molecule has 4 heterocycles. The Labute approximate surface area is 256 Å². The topological polar surface area (TPSA) is 116 Å². The Morgan fingerprint density at radius 2 is 1.89 bits per heavy atom. The molecule has 7 rings (SSSR count). The summed E-state index contributed by atoms with van der Waals surface area (Å²) in [7, 11) is 0. The van der Waals surface area contributed by atoms with Crippen molar-refractivity contribution < 1.29 is 37.3 Å². The fraction of sp³-hybridized carbons (Fsp3) is 0.344. The number of alkyl halides is 3. The van der Waals surface area contributed by atoms with Gasteiger partial charge in [-0.3, -0.25) is 19.4 Å². The summed E-state index contributed by atoms with van der Waals surface area (Å²) in [6.07, 6.45) is -2.71. The molecule has 1 aromatic heterocycles. The number of anilines is 1. The number of ether oxygens (including phenoxy) is 2. The van der Waals surface area contributed by atoms with Gasteiger partial charge < -0.3 is 25.2 Å². The molecule has 13 heteroatoms. The maximum absolute atomic E-state index is 14.1. The number of carbonyl (C=O) groups excluding carboxylic acids is 2. The number of nitrogens with one attached hydrogen (secondary N) is 2. The molecule has 1 fully saturated rings. The first-order valence-corrected chi connectivity index (χ1v) is 14.8. The van der Waals surface area contributed by atoms with Crippen molar-refractivity contribution in [3.8, 4) is 17.2 Å². The Balaban J connectivity index is 1.05. The minimum absolute atomic E-state index is 0.0473. The zero-order valence-corrected chi connectivity index (χ0v) is 24.1. The number of carbonyl (C=O) groups is 2. The molecule has 1 unspecified atom stereocenters. The third kappa shape index (κ3) is 5.86. The lowest BCUT2D eigenvalue weighted by Gasteiger charge is -2.34. The average molecular weight is 622 g/mol. The van der Waals surface area contributed by atoms with E-state index in [0.29, 0.717) is 74.3 Å². The lowest BCUT2D eigenvalue weighted by atomic mass is 10.0. The van der Waals surface area contributed by atoms with Crippen LogP contribution in [0.2, 0.25) is 0 Å². The lowest BCUT2D eigenvalue weighted by Crippen LogP contribution is -2.46. The summed E-state index contributed by atoms with van der Waals surface area (Å²) in [6.45, 7) is 3.24. The van der Waals surface area contributed by atoms with Crippen LogP contribution in [0, 0.1) is 0 Å². The van der Waals surface area contributed by atoms with Crippen molar-refractivity contribution in [1.29, 1.82) is 0 Å². The van der Waals surface area contributed by atoms with Gasteiger partial charge in [0.25, 0.3) is 5.91 Å². The molecule has 0 radical (unpaired) electrons. The molecule has 45 heavy (non-hydrogen) atoms. The van der Waals surface area contributed by atoms with E-state index in [9.17, 15) is 22.8 Å². The van der Waals surface area contributed by atoms with Crippen molar-refractivity contribution in [2.24, 2.45) is 0 Å². The minimum Gasteiger partial charge on any atom is -0.479 e. The van der Waals surface area contributed by atoms with Gasteiger partial charge in [0.1, 0.15) is 23.1 Å². The number of hydrogen-bond acceptors (Lipinski definition) is 8. The van der Waals surface area contributed by atoms with Gasteiger partial charge in [0.05, 0.1) is 17.9 Å². The SMILES string of the molecule is O=C1CCc2c(Oc3ccc4c(c3)C3=C(NC(=O)c5ccc(CN6CCN(CCO)CC6)c(C(F)(F)F)c5)C3O4)ccnc2N1. The van der Waals surface area contributed by atoms with Gasteiger partial charge in [0, 0.05) is 74.1 Å². The van der Waals surface area contributed by atoms with Crippen molar-refractivity contribution in [3.63, 3.8) is 0 Å². The normalized spacial score (nSPS) is 19.3. The lowest BCUT2D eigenvalue weighted by molar-refractivity contribution is -0.138. The number of aliphatic hydroxyl groups is 1. The van der Waals surface area contributed by atoms with Crippen molar-refractivity contribution >= 4 is 23.2 Å². The molecule has 4 aliphatic rings. The Morgan fingerprint density at radius 1 is 1.09 bits per heavy atom. The zero-order valence-electron chi connectivity index (χ0n) is 24.1. The monoisotopic (exact) mass is 621 g/mol. The summed E-state index contributed by atoms with van der Waals surface area (Å²) in [5.41, 5.74) is 1.98. The van der Waals surface area contributed by atoms with Crippen molar-refractivity contribution in [3.05, 3.63) is 82.2 Å². The molecule has 234 valence electrons. The van der Waals surface area contributed by atoms with Crippen LogP contribution in [-0.2, 0) is 23.9 Å². The predicted octanol–water partition coefficient (Wildman–Crippen LogP) is 3.80. The molecule has 0 saturated carbocycles. The van der Waals surface area contributed by atoms with Crippen LogP contribution in [0.5, 0.6) is 17.2 Å². The number of aromatic nitrogens is 1. The van der Waals surface area contributed by atoms with Crippen LogP contribution in [0.25, 0.3) is 5.57 Å². The van der Waals surface area contributed by atoms with Gasteiger partial charge in [0.2, 0.25) is 5.91 Å². The highest BCUT2D eigenvalue weighted by atomic mass is 19.4. The first-order valence-electron chi connectivity index (χ1n) is 14.8. The van der Waals surface area contributed by atoms with Gasteiger partial charge in [0.15, 0.2) is 6.10 Å². The molecule has 3 N–H and O–H groups in total. The number of halogens is 3. The highest BCUT2D eigenvalue weighted by Gasteiger charge is 2.48. The number of rotatable bonds is 8. The number of β-amino-alcohol motifs (C(OH)–C–C–N with tert-alkyl or cyclic N) is 1. The number of aliphatic hydroxyl groups excluding tert-OH is 1. The Kier molecular flexibility index (Phi) is 7.46. The van der Waals surface area contributed by atoms with E-state index in [2.05, 4.69) is 20.5 Å². The number of nitrogens with zero attached hydrogens (tertiary/aromatic N) is 3. The number of pyridine rings is 1. The van der Waals surface area contributed by atoms with Crippen molar-refractivity contribution in [1.82, 2.24) is 20.1 Å². The van der Waals surface area contributed by atoms with Gasteiger partial charge in [-0.15, -0.1) is 0 Å². The van der Waals surface area contributed by atoms with Crippen molar-refractivity contribution in [2.45, 2.75) is 31.7 Å². The summed E-state index contributed by atoms with van der Waals surface area (Å²) in [5, 5.41) is 14.6. The third-order valence-electron chi connectivity index (χ3n) is 8.52. The van der Waals surface area contributed by atoms with Gasteiger partial charge in [-0.05, 0) is 48.4 Å². The van der Waals surface area contributed by atoms with Gasteiger partial charge in [-0.25, -0.2) is 4.98 Å². The molecule has 1 saturated heterocycles. The fourth-order valence-electron chi connectivity index (χ4n) is 6.10. The van der Waals surface area contributed by atoms with E-state index in [0.717, 1.165) is 22.8 Å². The van der Waals surface area contributed by atoms with E-state index in [1.165, 1.54) is 12.1 Å². The molecule has 0 bridgehead atoms. The van der Waals surface area contributed by atoms with E-state index >= 15 is 0 Å². The molecular weight excluding hydrogens is 591 g/mol. The minimum atomic E-state index is -4.62. The van der Waals surface area contributed by atoms with Crippen LogP contribution in [-0.4, -0.2) is 77.1 Å². The summed E-state index contributed by atoms with van der Waals surface area (Å²) in [6, 6.07) is 10.7. The second kappa shape index (κ2) is 11.5. The molecule has 3 aromatic rings. The van der Waals surface area contributed by atoms with E-state index in [-0.39, 0.29) is 30.2 Å². The van der Waals surface area contributed by atoms with Crippen LogP contribution in [0.15, 0.2) is 54.4 Å². The van der Waals surface area contributed by atoms with E-state index in [1.807, 2.05) is 4.90 Å². The third-order valence-corrected chi connectivity index (χ3v) is 8.52. The summed E-state index contributed by atoms with van der Waals surface area (Å²) >= 11 is 0. The predicted molar refractivity (Wildman–Crippen MR) is 157 cm³/mol. The Morgan fingerprint density at radius 3 is 2.67 bits per heavy atom. The molecule has 10 nitrogen and oxygen atoms in total. The van der Waals surface area contributed by atoms with Crippen LogP contribution in [0.4, 0.5) is 19.0 Å². The Bertz CT molecular complexity index is 1720. The summed E-state index contributed by atoms with van der Waals surface area (Å²) in [4.78, 5) is 33.1. The highest BCUT2D eigenvalue weighted by Crippen LogP contribution is 2.52. The molecule has 1 aliphatic carbocycles. The maximum Gasteiger partial charge on any atom is 0.416 e.